The Hall–Kier alpha value is -2.37. The molecule has 0 atom stereocenters. The number of methoxy groups -OCH3 is 3. The molecule has 0 aliphatic carbocycles. The average molecular weight is 403 g/mol. The van der Waals surface area contributed by atoms with Crippen molar-refractivity contribution < 1.29 is 14.2 Å². The molecule has 150 valence electrons. The summed E-state index contributed by atoms with van der Waals surface area (Å²) in [6.45, 7) is 4.84. The summed E-state index contributed by atoms with van der Waals surface area (Å²) in [6, 6.07) is 10.8. The quantitative estimate of drug-likeness (QED) is 0.698. The van der Waals surface area contributed by atoms with E-state index in [1.807, 2.05) is 12.1 Å². The van der Waals surface area contributed by atoms with E-state index >= 15 is 0 Å². The number of aromatic nitrogens is 1. The van der Waals surface area contributed by atoms with Crippen molar-refractivity contribution in [2.45, 2.75) is 26.4 Å². The van der Waals surface area contributed by atoms with Crippen LogP contribution in [0.4, 0.5) is 0 Å². The Morgan fingerprint density at radius 3 is 2.36 bits per heavy atom. The largest absolute Gasteiger partial charge is 0.493 e. The monoisotopic (exact) mass is 402 g/mol. The van der Waals surface area contributed by atoms with Gasteiger partial charge < -0.3 is 24.1 Å². The van der Waals surface area contributed by atoms with Crippen molar-refractivity contribution in [2.75, 3.05) is 27.9 Å². The fourth-order valence-corrected chi connectivity index (χ4v) is 4.08. The van der Waals surface area contributed by atoms with Gasteiger partial charge in [0, 0.05) is 29.7 Å². The van der Waals surface area contributed by atoms with Gasteiger partial charge >= 0.3 is 0 Å². The highest BCUT2D eigenvalue weighted by Gasteiger charge is 2.21. The van der Waals surface area contributed by atoms with E-state index < -0.39 is 0 Å². The first-order valence-corrected chi connectivity index (χ1v) is 9.26. The average Bonchev–Trinajstić information content (AvgIpc) is 3.00. The summed E-state index contributed by atoms with van der Waals surface area (Å²) in [5.41, 5.74) is 6.54. The third kappa shape index (κ3) is 3.40. The van der Waals surface area contributed by atoms with Crippen LogP contribution >= 0.6 is 12.4 Å². The summed E-state index contributed by atoms with van der Waals surface area (Å²) in [4.78, 5) is 0. The zero-order valence-electron chi connectivity index (χ0n) is 16.8. The first-order chi connectivity index (χ1) is 13.2. The lowest BCUT2D eigenvalue weighted by Gasteiger charge is -2.19. The molecule has 6 heteroatoms. The molecule has 2 aromatic carbocycles. The molecule has 3 aromatic rings. The predicted octanol–water partition coefficient (Wildman–Crippen LogP) is 4.09. The van der Waals surface area contributed by atoms with Crippen LogP contribution in [0.3, 0.4) is 0 Å². The lowest BCUT2D eigenvalue weighted by Crippen LogP contribution is -2.25. The van der Waals surface area contributed by atoms with Crippen LogP contribution in [0, 0.1) is 6.92 Å². The Morgan fingerprint density at radius 2 is 1.71 bits per heavy atom. The molecule has 0 radical (unpaired) electrons. The molecule has 1 aliphatic heterocycles. The molecule has 0 spiro atoms. The maximum absolute atomic E-state index is 5.53. The minimum absolute atomic E-state index is 0. The lowest BCUT2D eigenvalue weighted by atomic mass is 10.0. The summed E-state index contributed by atoms with van der Waals surface area (Å²) in [7, 11) is 4.94. The number of hydrogen-bond donors (Lipinski definition) is 1. The van der Waals surface area contributed by atoms with Crippen LogP contribution in [0.5, 0.6) is 17.2 Å². The van der Waals surface area contributed by atoms with E-state index in [1.165, 1.54) is 27.7 Å². The van der Waals surface area contributed by atoms with Crippen LogP contribution in [0.15, 0.2) is 30.3 Å². The minimum Gasteiger partial charge on any atom is -0.493 e. The van der Waals surface area contributed by atoms with Crippen molar-refractivity contribution >= 4 is 23.3 Å². The smallest absolute Gasteiger partial charge is 0.203 e. The first-order valence-electron chi connectivity index (χ1n) is 9.26. The van der Waals surface area contributed by atoms with Gasteiger partial charge in [-0.25, -0.2) is 0 Å². The molecule has 28 heavy (non-hydrogen) atoms. The van der Waals surface area contributed by atoms with Gasteiger partial charge in [-0.05, 0) is 55.3 Å². The number of rotatable bonds is 5. The van der Waals surface area contributed by atoms with Gasteiger partial charge in [0.2, 0.25) is 5.75 Å². The molecule has 1 aromatic heterocycles. The highest BCUT2D eigenvalue weighted by Crippen LogP contribution is 2.39. The third-order valence-corrected chi connectivity index (χ3v) is 5.35. The van der Waals surface area contributed by atoms with Crippen LogP contribution < -0.4 is 19.5 Å². The number of hydrogen-bond acceptors (Lipinski definition) is 4. The SMILES string of the molecule is COc1cc(Cn2c3c(c4cc(C)ccc42)CCNC3)cc(OC)c1OC.Cl. The fourth-order valence-electron chi connectivity index (χ4n) is 4.08. The number of halogens is 1. The highest BCUT2D eigenvalue weighted by molar-refractivity contribution is 5.86. The Kier molecular flexibility index (Phi) is 6.06. The van der Waals surface area contributed by atoms with Gasteiger partial charge in [-0.3, -0.25) is 0 Å². The van der Waals surface area contributed by atoms with E-state index in [-0.39, 0.29) is 12.4 Å². The second-order valence-corrected chi connectivity index (χ2v) is 6.99. The van der Waals surface area contributed by atoms with Crippen LogP contribution in [0.25, 0.3) is 10.9 Å². The van der Waals surface area contributed by atoms with Crippen molar-refractivity contribution in [3.8, 4) is 17.2 Å². The number of benzene rings is 2. The van der Waals surface area contributed by atoms with Gasteiger partial charge in [0.1, 0.15) is 0 Å². The number of nitrogens with one attached hydrogen (secondary N) is 1. The maximum Gasteiger partial charge on any atom is 0.203 e. The third-order valence-electron chi connectivity index (χ3n) is 5.35. The van der Waals surface area contributed by atoms with Crippen LogP contribution in [-0.2, 0) is 19.5 Å². The molecule has 1 aliphatic rings. The Morgan fingerprint density at radius 1 is 1.00 bits per heavy atom. The topological polar surface area (TPSA) is 44.7 Å². The number of aryl methyl sites for hydroxylation is 1. The van der Waals surface area contributed by atoms with Gasteiger partial charge in [0.25, 0.3) is 0 Å². The second kappa shape index (κ2) is 8.33. The Labute approximate surface area is 172 Å². The number of nitrogens with zero attached hydrogens (tertiary/aromatic N) is 1. The Bertz CT molecular complexity index is 972. The lowest BCUT2D eigenvalue weighted by molar-refractivity contribution is 0.323. The van der Waals surface area contributed by atoms with Crippen molar-refractivity contribution in [3.05, 3.63) is 52.7 Å². The summed E-state index contributed by atoms with van der Waals surface area (Å²) in [5, 5.41) is 4.89. The molecule has 1 N–H and O–H groups in total. The molecule has 0 amide bonds. The van der Waals surface area contributed by atoms with Gasteiger partial charge in [0.05, 0.1) is 21.3 Å². The second-order valence-electron chi connectivity index (χ2n) is 6.99. The van der Waals surface area contributed by atoms with Crippen LogP contribution in [0.2, 0.25) is 0 Å². The van der Waals surface area contributed by atoms with Gasteiger partial charge in [-0.1, -0.05) is 11.6 Å². The van der Waals surface area contributed by atoms with Crippen molar-refractivity contribution in [1.29, 1.82) is 0 Å². The minimum atomic E-state index is 0. The fraction of sp³-hybridized carbons (Fsp3) is 0.364. The van der Waals surface area contributed by atoms with E-state index in [1.54, 1.807) is 21.3 Å². The molecule has 4 rings (SSSR count). The van der Waals surface area contributed by atoms with Gasteiger partial charge in [-0.2, -0.15) is 0 Å². The van der Waals surface area contributed by atoms with Crippen molar-refractivity contribution in [1.82, 2.24) is 9.88 Å². The van der Waals surface area contributed by atoms with E-state index in [0.29, 0.717) is 17.2 Å². The maximum atomic E-state index is 5.53. The predicted molar refractivity (Wildman–Crippen MR) is 115 cm³/mol. The standard InChI is InChI=1S/C22H26N2O3.ClH/c1-14-5-6-18-17(9-14)16-7-8-23-12-19(16)24(18)13-15-10-20(25-2)22(27-4)21(11-15)26-3;/h5-6,9-11,23H,7-8,12-13H2,1-4H3;1H. The summed E-state index contributed by atoms with van der Waals surface area (Å²) in [5.74, 6) is 2.00. The van der Waals surface area contributed by atoms with Crippen LogP contribution in [-0.4, -0.2) is 32.4 Å². The molecule has 2 heterocycles. The molecule has 0 fully saturated rings. The number of ether oxygens (including phenoxy) is 3. The number of fused-ring (bicyclic) bond motifs is 3. The van der Waals surface area contributed by atoms with E-state index in [9.17, 15) is 0 Å². The molecule has 0 saturated carbocycles. The molecule has 5 nitrogen and oxygen atoms in total. The summed E-state index contributed by atoms with van der Waals surface area (Å²) < 4.78 is 18.9. The van der Waals surface area contributed by atoms with Crippen LogP contribution in [0.1, 0.15) is 22.4 Å². The van der Waals surface area contributed by atoms with Gasteiger partial charge in [0.15, 0.2) is 11.5 Å². The van der Waals surface area contributed by atoms with E-state index in [2.05, 4.69) is 35.0 Å². The highest BCUT2D eigenvalue weighted by atomic mass is 35.5. The first kappa shape index (κ1) is 20.4. The molecule has 0 bridgehead atoms. The van der Waals surface area contributed by atoms with Crippen molar-refractivity contribution in [3.63, 3.8) is 0 Å². The van der Waals surface area contributed by atoms with E-state index in [0.717, 1.165) is 31.6 Å². The zero-order chi connectivity index (χ0) is 19.0. The Balaban J connectivity index is 0.00000225. The summed E-state index contributed by atoms with van der Waals surface area (Å²) >= 11 is 0. The zero-order valence-corrected chi connectivity index (χ0v) is 17.6. The van der Waals surface area contributed by atoms with Gasteiger partial charge in [-0.15, -0.1) is 12.4 Å². The molecular formula is C22H27ClN2O3. The summed E-state index contributed by atoms with van der Waals surface area (Å²) in [6.07, 6.45) is 1.07. The normalized spacial score (nSPS) is 13.0. The molecule has 0 unspecified atom stereocenters. The van der Waals surface area contributed by atoms with Crippen molar-refractivity contribution in [2.24, 2.45) is 0 Å². The van der Waals surface area contributed by atoms with E-state index in [4.69, 9.17) is 14.2 Å². The molecular weight excluding hydrogens is 376 g/mol. The molecule has 0 saturated heterocycles.